The quantitative estimate of drug-likeness (QED) is 0.655. The molecule has 0 aromatic heterocycles. The minimum Gasteiger partial charge on any atom is -0.357 e. The Morgan fingerprint density at radius 2 is 2.10 bits per heavy atom. The highest BCUT2D eigenvalue weighted by molar-refractivity contribution is 5.80. The molecule has 0 spiro atoms. The number of nitrogens with one attached hydrogen (secondary N) is 2. The van der Waals surface area contributed by atoms with E-state index >= 15 is 0 Å². The molecule has 1 aliphatic rings. The van der Waals surface area contributed by atoms with Crippen molar-refractivity contribution in [3.05, 3.63) is 35.6 Å². The third-order valence-electron chi connectivity index (χ3n) is 3.60. The van der Waals surface area contributed by atoms with Crippen LogP contribution in [-0.4, -0.2) is 18.5 Å². The largest absolute Gasteiger partial charge is 0.357 e. The van der Waals surface area contributed by atoms with Gasteiger partial charge >= 0.3 is 0 Å². The lowest BCUT2D eigenvalue weighted by Crippen LogP contribution is -2.44. The summed E-state index contributed by atoms with van der Waals surface area (Å²) in [4.78, 5) is 4.55. The number of aliphatic imine (C=N–C) groups is 1. The van der Waals surface area contributed by atoms with E-state index in [2.05, 4.69) is 22.5 Å². The molecule has 0 amide bonds. The second kappa shape index (κ2) is 7.88. The first kappa shape index (κ1) is 14.8. The lowest BCUT2D eigenvalue weighted by atomic mass is 9.96. The molecule has 0 saturated heterocycles. The number of rotatable bonds is 4. The molecule has 0 radical (unpaired) electrons. The predicted molar refractivity (Wildman–Crippen MR) is 81.2 cm³/mol. The molecule has 20 heavy (non-hydrogen) atoms. The van der Waals surface area contributed by atoms with Crippen molar-refractivity contribution in [2.24, 2.45) is 4.99 Å². The molecule has 2 rings (SSSR count). The zero-order chi connectivity index (χ0) is 14.2. The number of benzene rings is 1. The van der Waals surface area contributed by atoms with E-state index in [0.717, 1.165) is 18.1 Å². The van der Waals surface area contributed by atoms with Gasteiger partial charge in [-0.05, 0) is 37.5 Å². The van der Waals surface area contributed by atoms with Crippen LogP contribution >= 0.6 is 0 Å². The van der Waals surface area contributed by atoms with Crippen LogP contribution in [0.1, 0.15) is 44.6 Å². The third kappa shape index (κ3) is 4.83. The molecular weight excluding hydrogens is 253 g/mol. The Bertz CT molecular complexity index is 439. The Kier molecular flexibility index (Phi) is 5.84. The zero-order valence-electron chi connectivity index (χ0n) is 12.2. The van der Waals surface area contributed by atoms with Gasteiger partial charge in [-0.15, -0.1) is 0 Å². The topological polar surface area (TPSA) is 36.4 Å². The van der Waals surface area contributed by atoms with Crippen LogP contribution in [0.2, 0.25) is 0 Å². The van der Waals surface area contributed by atoms with E-state index in [0.29, 0.717) is 12.6 Å². The fraction of sp³-hybridized carbons (Fsp3) is 0.562. The molecule has 0 aliphatic heterocycles. The molecule has 1 aromatic rings. The van der Waals surface area contributed by atoms with Crippen LogP contribution in [0.4, 0.5) is 4.39 Å². The standard InChI is InChI=1S/C16H24FN3/c1-2-18-16(20-15-9-4-3-5-10-15)19-12-13-7-6-8-14(17)11-13/h6-8,11,15H,2-5,9-10,12H2,1H3,(H2,18,19,20). The molecule has 0 heterocycles. The van der Waals surface area contributed by atoms with Gasteiger partial charge in [-0.25, -0.2) is 9.38 Å². The Morgan fingerprint density at radius 1 is 1.30 bits per heavy atom. The summed E-state index contributed by atoms with van der Waals surface area (Å²) in [5.74, 6) is 0.631. The zero-order valence-corrected chi connectivity index (χ0v) is 12.2. The van der Waals surface area contributed by atoms with Gasteiger partial charge in [0.25, 0.3) is 0 Å². The lowest BCUT2D eigenvalue weighted by Gasteiger charge is -2.24. The average molecular weight is 277 g/mol. The normalized spacial score (nSPS) is 17.0. The summed E-state index contributed by atoms with van der Waals surface area (Å²) < 4.78 is 13.1. The first-order valence-electron chi connectivity index (χ1n) is 7.57. The molecule has 1 saturated carbocycles. The molecule has 110 valence electrons. The van der Waals surface area contributed by atoms with Gasteiger partial charge < -0.3 is 10.6 Å². The Balaban J connectivity index is 1.94. The van der Waals surface area contributed by atoms with Gasteiger partial charge in [0.2, 0.25) is 0 Å². The number of guanidine groups is 1. The lowest BCUT2D eigenvalue weighted by molar-refractivity contribution is 0.410. The molecule has 0 bridgehead atoms. The van der Waals surface area contributed by atoms with E-state index in [1.807, 2.05) is 6.07 Å². The van der Waals surface area contributed by atoms with Gasteiger partial charge in [0, 0.05) is 12.6 Å². The second-order valence-electron chi connectivity index (χ2n) is 5.30. The van der Waals surface area contributed by atoms with Crippen molar-refractivity contribution in [3.63, 3.8) is 0 Å². The number of halogens is 1. The number of nitrogens with zero attached hydrogens (tertiary/aromatic N) is 1. The SMILES string of the molecule is CCNC(=NCc1cccc(F)c1)NC1CCCCC1. The Morgan fingerprint density at radius 3 is 2.80 bits per heavy atom. The van der Waals surface area contributed by atoms with E-state index in [1.54, 1.807) is 6.07 Å². The predicted octanol–water partition coefficient (Wildman–Crippen LogP) is 3.21. The Labute approximate surface area is 120 Å². The van der Waals surface area contributed by atoms with Crippen molar-refractivity contribution >= 4 is 5.96 Å². The molecule has 0 atom stereocenters. The smallest absolute Gasteiger partial charge is 0.191 e. The molecular formula is C16H24FN3. The van der Waals surface area contributed by atoms with Crippen LogP contribution in [0.3, 0.4) is 0 Å². The first-order valence-corrected chi connectivity index (χ1v) is 7.57. The molecule has 3 nitrogen and oxygen atoms in total. The second-order valence-corrected chi connectivity index (χ2v) is 5.30. The van der Waals surface area contributed by atoms with Crippen molar-refractivity contribution in [2.45, 2.75) is 51.6 Å². The maximum atomic E-state index is 13.1. The van der Waals surface area contributed by atoms with E-state index in [1.165, 1.54) is 44.2 Å². The van der Waals surface area contributed by atoms with Gasteiger partial charge in [-0.3, -0.25) is 0 Å². The summed E-state index contributed by atoms with van der Waals surface area (Å²) in [6.45, 7) is 3.39. The summed E-state index contributed by atoms with van der Waals surface area (Å²) in [7, 11) is 0. The average Bonchev–Trinajstić information content (AvgIpc) is 2.46. The fourth-order valence-electron chi connectivity index (χ4n) is 2.57. The van der Waals surface area contributed by atoms with Gasteiger partial charge in [0.05, 0.1) is 6.54 Å². The van der Waals surface area contributed by atoms with Gasteiger partial charge in [-0.2, -0.15) is 0 Å². The Hall–Kier alpha value is -1.58. The van der Waals surface area contributed by atoms with Crippen molar-refractivity contribution in [1.82, 2.24) is 10.6 Å². The number of hydrogen-bond acceptors (Lipinski definition) is 1. The van der Waals surface area contributed by atoms with Crippen LogP contribution in [0.5, 0.6) is 0 Å². The molecule has 0 unspecified atom stereocenters. The van der Waals surface area contributed by atoms with Gasteiger partial charge in [0.15, 0.2) is 5.96 Å². The van der Waals surface area contributed by atoms with Crippen LogP contribution < -0.4 is 10.6 Å². The summed E-state index contributed by atoms with van der Waals surface area (Å²) in [5, 5.41) is 6.75. The molecule has 1 aliphatic carbocycles. The highest BCUT2D eigenvalue weighted by Crippen LogP contribution is 2.17. The van der Waals surface area contributed by atoms with Gasteiger partial charge in [0.1, 0.15) is 5.82 Å². The van der Waals surface area contributed by atoms with Crippen LogP contribution in [0.15, 0.2) is 29.3 Å². The number of hydrogen-bond donors (Lipinski definition) is 2. The summed E-state index contributed by atoms with van der Waals surface area (Å²) in [6.07, 6.45) is 6.35. The molecule has 1 aromatic carbocycles. The van der Waals surface area contributed by atoms with E-state index in [9.17, 15) is 4.39 Å². The van der Waals surface area contributed by atoms with Crippen LogP contribution in [0, 0.1) is 5.82 Å². The van der Waals surface area contributed by atoms with E-state index < -0.39 is 0 Å². The summed E-state index contributed by atoms with van der Waals surface area (Å²) in [5.41, 5.74) is 0.894. The van der Waals surface area contributed by atoms with E-state index in [4.69, 9.17) is 0 Å². The molecule has 2 N–H and O–H groups in total. The minimum atomic E-state index is -0.206. The van der Waals surface area contributed by atoms with Crippen molar-refractivity contribution in [1.29, 1.82) is 0 Å². The van der Waals surface area contributed by atoms with Crippen molar-refractivity contribution < 1.29 is 4.39 Å². The summed E-state index contributed by atoms with van der Waals surface area (Å²) >= 11 is 0. The van der Waals surface area contributed by atoms with Crippen LogP contribution in [-0.2, 0) is 6.54 Å². The van der Waals surface area contributed by atoms with Crippen molar-refractivity contribution in [3.8, 4) is 0 Å². The highest BCUT2D eigenvalue weighted by Gasteiger charge is 2.14. The van der Waals surface area contributed by atoms with Crippen molar-refractivity contribution in [2.75, 3.05) is 6.54 Å². The maximum absolute atomic E-state index is 13.1. The van der Waals surface area contributed by atoms with Gasteiger partial charge in [-0.1, -0.05) is 31.4 Å². The molecule has 1 fully saturated rings. The first-order chi connectivity index (χ1) is 9.78. The summed E-state index contributed by atoms with van der Waals surface area (Å²) in [6, 6.07) is 7.14. The monoisotopic (exact) mass is 277 g/mol. The highest BCUT2D eigenvalue weighted by atomic mass is 19.1. The third-order valence-corrected chi connectivity index (χ3v) is 3.60. The minimum absolute atomic E-state index is 0.206. The fourth-order valence-corrected chi connectivity index (χ4v) is 2.57. The van der Waals surface area contributed by atoms with E-state index in [-0.39, 0.29) is 5.82 Å². The van der Waals surface area contributed by atoms with Crippen LogP contribution in [0.25, 0.3) is 0 Å². The maximum Gasteiger partial charge on any atom is 0.191 e. The molecule has 4 heteroatoms.